The normalized spacial score (nSPS) is 14.0. The van der Waals surface area contributed by atoms with Gasteiger partial charge in [-0.2, -0.15) is 0 Å². The summed E-state index contributed by atoms with van der Waals surface area (Å²) in [6.07, 6.45) is 5.07. The minimum absolute atomic E-state index is 0.102. The molecule has 2 aromatic carbocycles. The zero-order chi connectivity index (χ0) is 22.3. The monoisotopic (exact) mass is 442 g/mol. The second kappa shape index (κ2) is 10.2. The molecule has 1 saturated heterocycles. The van der Waals surface area contributed by atoms with Gasteiger partial charge < -0.3 is 15.5 Å². The number of urea groups is 1. The number of rotatable bonds is 7. The van der Waals surface area contributed by atoms with Crippen molar-refractivity contribution in [2.75, 3.05) is 25.5 Å². The molecule has 1 heterocycles. The first-order valence-corrected chi connectivity index (χ1v) is 11.5. The van der Waals surface area contributed by atoms with Crippen molar-refractivity contribution < 1.29 is 18.0 Å². The van der Waals surface area contributed by atoms with Crippen LogP contribution >= 0.6 is 0 Å². The third-order valence-electron chi connectivity index (χ3n) is 4.92. The van der Waals surface area contributed by atoms with Gasteiger partial charge in [-0.15, -0.1) is 0 Å². The maximum Gasteiger partial charge on any atom is 0.321 e. The molecule has 0 aromatic heterocycles. The van der Waals surface area contributed by atoms with Gasteiger partial charge in [0.15, 0.2) is 0 Å². The lowest BCUT2D eigenvalue weighted by atomic mass is 10.2. The Morgan fingerprint density at radius 1 is 1.06 bits per heavy atom. The Morgan fingerprint density at radius 3 is 2.45 bits per heavy atom. The number of hydrogen-bond donors (Lipinski definition) is 3. The van der Waals surface area contributed by atoms with Crippen LogP contribution in [0.3, 0.4) is 0 Å². The summed E-state index contributed by atoms with van der Waals surface area (Å²) < 4.78 is 25.7. The number of carbonyl (C=O) groups excluding carboxylic acids is 2. The minimum atomic E-state index is -3.48. The maximum atomic E-state index is 12.2. The molecule has 9 heteroatoms. The molecule has 0 radical (unpaired) electrons. The van der Waals surface area contributed by atoms with E-state index in [1.165, 1.54) is 25.3 Å². The Kier molecular flexibility index (Phi) is 7.43. The van der Waals surface area contributed by atoms with Gasteiger partial charge in [0.1, 0.15) is 0 Å². The minimum Gasteiger partial charge on any atom is -0.348 e. The first kappa shape index (κ1) is 22.5. The fourth-order valence-corrected chi connectivity index (χ4v) is 3.91. The van der Waals surface area contributed by atoms with Gasteiger partial charge in [-0.25, -0.2) is 17.9 Å². The van der Waals surface area contributed by atoms with E-state index in [0.717, 1.165) is 31.5 Å². The largest absolute Gasteiger partial charge is 0.348 e. The van der Waals surface area contributed by atoms with E-state index in [9.17, 15) is 18.0 Å². The first-order chi connectivity index (χ1) is 14.9. The molecule has 31 heavy (non-hydrogen) atoms. The lowest BCUT2D eigenvalue weighted by Crippen LogP contribution is -2.32. The average molecular weight is 443 g/mol. The van der Waals surface area contributed by atoms with Gasteiger partial charge in [0.05, 0.1) is 4.90 Å². The topological polar surface area (TPSA) is 108 Å². The van der Waals surface area contributed by atoms with E-state index in [0.29, 0.717) is 17.8 Å². The van der Waals surface area contributed by atoms with Gasteiger partial charge in [0, 0.05) is 31.4 Å². The highest BCUT2D eigenvalue weighted by atomic mass is 32.2. The molecule has 0 spiro atoms. The molecule has 8 nitrogen and oxygen atoms in total. The van der Waals surface area contributed by atoms with E-state index >= 15 is 0 Å². The van der Waals surface area contributed by atoms with Crippen LogP contribution in [-0.4, -0.2) is 45.4 Å². The Bertz CT molecular complexity index is 1060. The van der Waals surface area contributed by atoms with Crippen LogP contribution in [0, 0.1) is 0 Å². The SMILES string of the molecule is CNS(=O)(=O)c1ccc(C=CC(=O)NCc2cccc(NC(=O)N3CCCC3)c2)cc1. The molecular weight excluding hydrogens is 416 g/mol. The van der Waals surface area contributed by atoms with Crippen molar-refractivity contribution in [1.82, 2.24) is 14.9 Å². The second-order valence-corrected chi connectivity index (χ2v) is 9.04. The van der Waals surface area contributed by atoms with E-state index in [2.05, 4.69) is 15.4 Å². The van der Waals surface area contributed by atoms with E-state index < -0.39 is 10.0 Å². The highest BCUT2D eigenvalue weighted by Gasteiger charge is 2.17. The number of hydrogen-bond acceptors (Lipinski definition) is 4. The van der Waals surface area contributed by atoms with Gasteiger partial charge in [-0.3, -0.25) is 4.79 Å². The predicted molar refractivity (Wildman–Crippen MR) is 120 cm³/mol. The summed E-state index contributed by atoms with van der Waals surface area (Å²) in [5.74, 6) is -0.279. The fraction of sp³-hybridized carbons (Fsp3) is 0.273. The third-order valence-corrected chi connectivity index (χ3v) is 6.35. The van der Waals surface area contributed by atoms with Gasteiger partial charge in [-0.05, 0) is 61.4 Å². The molecule has 0 aliphatic carbocycles. The molecule has 1 aliphatic heterocycles. The number of sulfonamides is 1. The molecule has 2 aromatic rings. The van der Waals surface area contributed by atoms with Crippen LogP contribution in [0.15, 0.2) is 59.5 Å². The van der Waals surface area contributed by atoms with Crippen molar-refractivity contribution in [2.24, 2.45) is 0 Å². The van der Waals surface area contributed by atoms with Crippen molar-refractivity contribution in [3.63, 3.8) is 0 Å². The van der Waals surface area contributed by atoms with Crippen molar-refractivity contribution in [1.29, 1.82) is 0 Å². The number of nitrogens with zero attached hydrogens (tertiary/aromatic N) is 1. The van der Waals surface area contributed by atoms with Crippen molar-refractivity contribution in [3.05, 3.63) is 65.7 Å². The number of carbonyl (C=O) groups is 2. The van der Waals surface area contributed by atoms with E-state index in [1.54, 1.807) is 23.1 Å². The fourth-order valence-electron chi connectivity index (χ4n) is 3.18. The number of anilines is 1. The molecule has 0 unspecified atom stereocenters. The zero-order valence-corrected chi connectivity index (χ0v) is 18.1. The number of amides is 3. The van der Waals surface area contributed by atoms with Crippen LogP contribution < -0.4 is 15.4 Å². The van der Waals surface area contributed by atoms with Gasteiger partial charge >= 0.3 is 6.03 Å². The van der Waals surface area contributed by atoms with Crippen molar-refractivity contribution >= 4 is 33.7 Å². The Hall–Kier alpha value is -3.17. The number of benzene rings is 2. The molecule has 1 aliphatic rings. The van der Waals surface area contributed by atoms with Crippen LogP contribution in [0.25, 0.3) is 6.08 Å². The molecule has 0 saturated carbocycles. The Balaban J connectivity index is 1.51. The molecular formula is C22H26N4O4S. The van der Waals surface area contributed by atoms with Crippen LogP contribution in [0.2, 0.25) is 0 Å². The number of nitrogens with one attached hydrogen (secondary N) is 3. The van der Waals surface area contributed by atoms with E-state index in [4.69, 9.17) is 0 Å². The van der Waals surface area contributed by atoms with Crippen LogP contribution in [-0.2, 0) is 21.4 Å². The number of likely N-dealkylation sites (tertiary alicyclic amines) is 1. The standard InChI is InChI=1S/C22H26N4O4S/c1-23-31(29,30)20-10-7-17(8-11-20)9-12-21(27)24-16-18-5-4-6-19(15-18)25-22(28)26-13-2-3-14-26/h4-12,15,23H,2-3,13-14,16H2,1H3,(H,24,27)(H,25,28). The van der Waals surface area contributed by atoms with Crippen molar-refractivity contribution in [2.45, 2.75) is 24.3 Å². The Morgan fingerprint density at radius 2 is 1.77 bits per heavy atom. The molecule has 164 valence electrons. The predicted octanol–water partition coefficient (Wildman–Crippen LogP) is 2.55. The first-order valence-electron chi connectivity index (χ1n) is 10.0. The lowest BCUT2D eigenvalue weighted by molar-refractivity contribution is -0.116. The summed E-state index contributed by atoms with van der Waals surface area (Å²) in [7, 11) is -2.13. The summed E-state index contributed by atoms with van der Waals surface area (Å²) in [4.78, 5) is 26.3. The Labute approximate surface area is 182 Å². The molecule has 3 N–H and O–H groups in total. The summed E-state index contributed by atoms with van der Waals surface area (Å²) in [6.45, 7) is 1.87. The van der Waals surface area contributed by atoms with Crippen LogP contribution in [0.5, 0.6) is 0 Å². The summed E-state index contributed by atoms with van der Waals surface area (Å²) in [5, 5.41) is 5.69. The molecule has 1 fully saturated rings. The van der Waals surface area contributed by atoms with Crippen LogP contribution in [0.4, 0.5) is 10.5 Å². The summed E-state index contributed by atoms with van der Waals surface area (Å²) in [6, 6.07) is 13.5. The van der Waals surface area contributed by atoms with Gasteiger partial charge in [0.2, 0.25) is 15.9 Å². The summed E-state index contributed by atoms with van der Waals surface area (Å²) >= 11 is 0. The second-order valence-electron chi connectivity index (χ2n) is 7.15. The summed E-state index contributed by atoms with van der Waals surface area (Å²) in [5.41, 5.74) is 2.26. The van der Waals surface area contributed by atoms with Gasteiger partial charge in [0.25, 0.3) is 0 Å². The van der Waals surface area contributed by atoms with Gasteiger partial charge in [-0.1, -0.05) is 24.3 Å². The lowest BCUT2D eigenvalue weighted by Gasteiger charge is -2.16. The quantitative estimate of drug-likeness (QED) is 0.573. The maximum absolute atomic E-state index is 12.2. The van der Waals surface area contributed by atoms with E-state index in [1.807, 2.05) is 24.3 Å². The molecule has 3 amide bonds. The molecule has 0 bridgehead atoms. The highest BCUT2D eigenvalue weighted by Crippen LogP contribution is 2.14. The molecule has 3 rings (SSSR count). The molecule has 0 atom stereocenters. The van der Waals surface area contributed by atoms with Crippen LogP contribution in [0.1, 0.15) is 24.0 Å². The zero-order valence-electron chi connectivity index (χ0n) is 17.3. The smallest absolute Gasteiger partial charge is 0.321 e. The third kappa shape index (κ3) is 6.40. The van der Waals surface area contributed by atoms with Crippen molar-refractivity contribution in [3.8, 4) is 0 Å². The average Bonchev–Trinajstić information content (AvgIpc) is 3.32. The van der Waals surface area contributed by atoms with E-state index in [-0.39, 0.29) is 16.8 Å². The highest BCUT2D eigenvalue weighted by molar-refractivity contribution is 7.89.